The van der Waals surface area contributed by atoms with Gasteiger partial charge in [0, 0.05) is 12.0 Å². The summed E-state index contributed by atoms with van der Waals surface area (Å²) in [6.45, 7) is 1.21. The molecule has 11 heavy (non-hydrogen) atoms. The van der Waals surface area contributed by atoms with Gasteiger partial charge < -0.3 is 5.32 Å². The summed E-state index contributed by atoms with van der Waals surface area (Å²) >= 11 is 0. The van der Waals surface area contributed by atoms with E-state index in [1.54, 1.807) is 5.57 Å². The summed E-state index contributed by atoms with van der Waals surface area (Å²) in [6.07, 6.45) is 9.44. The zero-order valence-electron chi connectivity index (χ0n) is 7.32. The number of hydrogen-bond acceptors (Lipinski definition) is 1. The molecule has 1 heteroatoms. The molecule has 1 saturated carbocycles. The van der Waals surface area contributed by atoms with E-state index in [1.165, 1.54) is 38.6 Å². The molecule has 0 spiro atoms. The molecule has 1 nitrogen and oxygen atoms in total. The van der Waals surface area contributed by atoms with Crippen molar-refractivity contribution < 1.29 is 0 Å². The molecule has 1 fully saturated rings. The quantitative estimate of drug-likeness (QED) is 0.596. The molecule has 0 aromatic heterocycles. The first-order chi connectivity index (χ1) is 5.37. The summed E-state index contributed by atoms with van der Waals surface area (Å²) < 4.78 is 0. The third-order valence-corrected chi connectivity index (χ3v) is 3.31. The Balaban J connectivity index is 2.16. The van der Waals surface area contributed by atoms with Gasteiger partial charge in [0.05, 0.1) is 0 Å². The van der Waals surface area contributed by atoms with Crippen LogP contribution in [0.1, 0.15) is 32.1 Å². The molecule has 62 valence electrons. The molecular weight excluding hydrogens is 134 g/mol. The molecule has 1 unspecified atom stereocenters. The van der Waals surface area contributed by atoms with E-state index in [0.717, 1.165) is 0 Å². The van der Waals surface area contributed by atoms with E-state index < -0.39 is 0 Å². The summed E-state index contributed by atoms with van der Waals surface area (Å²) in [7, 11) is 2.07. The minimum Gasteiger partial charge on any atom is -0.319 e. The van der Waals surface area contributed by atoms with Gasteiger partial charge in [0.1, 0.15) is 0 Å². The van der Waals surface area contributed by atoms with Crippen LogP contribution in [0, 0.1) is 5.41 Å². The van der Waals surface area contributed by atoms with E-state index in [9.17, 15) is 0 Å². The van der Waals surface area contributed by atoms with Crippen LogP contribution in [-0.4, -0.2) is 13.6 Å². The topological polar surface area (TPSA) is 12.0 Å². The second kappa shape index (κ2) is 2.63. The van der Waals surface area contributed by atoms with Crippen LogP contribution >= 0.6 is 0 Å². The highest BCUT2D eigenvalue weighted by atomic mass is 14.8. The Morgan fingerprint density at radius 2 is 2.45 bits per heavy atom. The lowest BCUT2D eigenvalue weighted by Crippen LogP contribution is -2.29. The van der Waals surface area contributed by atoms with Gasteiger partial charge in [-0.15, -0.1) is 0 Å². The molecule has 0 heterocycles. The largest absolute Gasteiger partial charge is 0.319 e. The Morgan fingerprint density at radius 1 is 1.55 bits per heavy atom. The van der Waals surface area contributed by atoms with Gasteiger partial charge in [-0.05, 0) is 39.2 Å². The summed E-state index contributed by atoms with van der Waals surface area (Å²) in [5, 5.41) is 3.33. The van der Waals surface area contributed by atoms with E-state index >= 15 is 0 Å². The zero-order valence-corrected chi connectivity index (χ0v) is 7.32. The SMILES string of the molecule is CNCC12CCC=C1CCC2. The first-order valence-electron chi connectivity index (χ1n) is 4.71. The highest BCUT2D eigenvalue weighted by Gasteiger charge is 2.39. The number of allylic oxidation sites excluding steroid dienone is 1. The van der Waals surface area contributed by atoms with Crippen molar-refractivity contribution in [2.75, 3.05) is 13.6 Å². The monoisotopic (exact) mass is 151 g/mol. The third-order valence-electron chi connectivity index (χ3n) is 3.31. The van der Waals surface area contributed by atoms with Crippen molar-refractivity contribution in [1.29, 1.82) is 0 Å². The summed E-state index contributed by atoms with van der Waals surface area (Å²) in [6, 6.07) is 0. The zero-order chi connectivity index (χ0) is 7.73. The van der Waals surface area contributed by atoms with Gasteiger partial charge in [-0.3, -0.25) is 0 Å². The fourth-order valence-corrected chi connectivity index (χ4v) is 2.80. The number of fused-ring (bicyclic) bond motifs is 1. The second-order valence-electron chi connectivity index (χ2n) is 3.93. The Hall–Kier alpha value is -0.300. The fourth-order valence-electron chi connectivity index (χ4n) is 2.80. The van der Waals surface area contributed by atoms with Gasteiger partial charge in [0.15, 0.2) is 0 Å². The maximum Gasteiger partial charge on any atom is 0.00423 e. The standard InChI is InChI=1S/C10H17N/c1-11-8-10-6-2-4-9(10)5-3-7-10/h4,11H,2-3,5-8H2,1H3. The van der Waals surface area contributed by atoms with E-state index in [-0.39, 0.29) is 0 Å². The van der Waals surface area contributed by atoms with Crippen molar-refractivity contribution in [3.8, 4) is 0 Å². The summed E-state index contributed by atoms with van der Waals surface area (Å²) in [5.41, 5.74) is 2.36. The molecular formula is C10H17N. The lowest BCUT2D eigenvalue weighted by molar-refractivity contribution is 0.347. The Bertz CT molecular complexity index is 183. The van der Waals surface area contributed by atoms with Gasteiger partial charge in [-0.2, -0.15) is 0 Å². The average molecular weight is 151 g/mol. The molecule has 2 aliphatic rings. The van der Waals surface area contributed by atoms with Crippen LogP contribution in [-0.2, 0) is 0 Å². The lowest BCUT2D eigenvalue weighted by Gasteiger charge is -2.26. The van der Waals surface area contributed by atoms with Crippen molar-refractivity contribution in [2.24, 2.45) is 5.41 Å². The average Bonchev–Trinajstić information content (AvgIpc) is 2.45. The molecule has 2 aliphatic carbocycles. The van der Waals surface area contributed by atoms with E-state index in [2.05, 4.69) is 18.4 Å². The van der Waals surface area contributed by atoms with Gasteiger partial charge in [0.2, 0.25) is 0 Å². The Morgan fingerprint density at radius 3 is 3.27 bits per heavy atom. The van der Waals surface area contributed by atoms with Crippen molar-refractivity contribution >= 4 is 0 Å². The third kappa shape index (κ3) is 1.02. The number of hydrogen-bond donors (Lipinski definition) is 1. The predicted molar refractivity (Wildman–Crippen MR) is 47.5 cm³/mol. The minimum atomic E-state index is 0.606. The van der Waals surface area contributed by atoms with Crippen LogP contribution in [0.3, 0.4) is 0 Å². The molecule has 1 N–H and O–H groups in total. The molecule has 0 aromatic rings. The molecule has 0 bridgehead atoms. The molecule has 0 aliphatic heterocycles. The number of nitrogens with one attached hydrogen (secondary N) is 1. The second-order valence-corrected chi connectivity index (χ2v) is 3.93. The molecule has 0 saturated heterocycles. The van der Waals surface area contributed by atoms with E-state index in [1.807, 2.05) is 0 Å². The number of rotatable bonds is 2. The Kier molecular flexibility index (Phi) is 1.76. The fraction of sp³-hybridized carbons (Fsp3) is 0.800. The first-order valence-corrected chi connectivity index (χ1v) is 4.71. The molecule has 2 rings (SSSR count). The van der Waals surface area contributed by atoms with Crippen LogP contribution in [0.25, 0.3) is 0 Å². The van der Waals surface area contributed by atoms with Crippen LogP contribution in [0.2, 0.25) is 0 Å². The van der Waals surface area contributed by atoms with Gasteiger partial charge >= 0.3 is 0 Å². The van der Waals surface area contributed by atoms with Crippen LogP contribution in [0.4, 0.5) is 0 Å². The van der Waals surface area contributed by atoms with Crippen molar-refractivity contribution in [3.63, 3.8) is 0 Å². The minimum absolute atomic E-state index is 0.606. The molecule has 1 atom stereocenters. The smallest absolute Gasteiger partial charge is 0.00423 e. The lowest BCUT2D eigenvalue weighted by atomic mass is 9.83. The van der Waals surface area contributed by atoms with Crippen LogP contribution < -0.4 is 5.32 Å². The normalized spacial score (nSPS) is 35.5. The van der Waals surface area contributed by atoms with Crippen molar-refractivity contribution in [2.45, 2.75) is 32.1 Å². The highest BCUT2D eigenvalue weighted by molar-refractivity contribution is 5.24. The highest BCUT2D eigenvalue weighted by Crippen LogP contribution is 2.50. The first kappa shape index (κ1) is 7.35. The predicted octanol–water partition coefficient (Wildman–Crippen LogP) is 2.10. The van der Waals surface area contributed by atoms with Gasteiger partial charge in [-0.1, -0.05) is 11.6 Å². The maximum atomic E-state index is 3.33. The van der Waals surface area contributed by atoms with Gasteiger partial charge in [0.25, 0.3) is 0 Å². The van der Waals surface area contributed by atoms with Crippen molar-refractivity contribution in [1.82, 2.24) is 5.32 Å². The van der Waals surface area contributed by atoms with Gasteiger partial charge in [-0.25, -0.2) is 0 Å². The summed E-state index contributed by atoms with van der Waals surface area (Å²) in [5.74, 6) is 0. The van der Waals surface area contributed by atoms with E-state index in [0.29, 0.717) is 5.41 Å². The van der Waals surface area contributed by atoms with Crippen molar-refractivity contribution in [3.05, 3.63) is 11.6 Å². The van der Waals surface area contributed by atoms with E-state index in [4.69, 9.17) is 0 Å². The van der Waals surface area contributed by atoms with Crippen LogP contribution in [0.15, 0.2) is 11.6 Å². The maximum absolute atomic E-state index is 3.33. The Labute approximate surface area is 68.9 Å². The van der Waals surface area contributed by atoms with Crippen LogP contribution in [0.5, 0.6) is 0 Å². The molecule has 0 aromatic carbocycles. The molecule has 0 amide bonds. The molecule has 0 radical (unpaired) electrons. The summed E-state index contributed by atoms with van der Waals surface area (Å²) in [4.78, 5) is 0.